The fraction of sp³-hybridized carbons (Fsp3) is 0.769. The van der Waals surface area contributed by atoms with Crippen molar-refractivity contribution in [3.05, 3.63) is 18.0 Å². The van der Waals surface area contributed by atoms with Gasteiger partial charge in [-0.3, -0.25) is 4.68 Å². The fourth-order valence-corrected chi connectivity index (χ4v) is 1.76. The van der Waals surface area contributed by atoms with Crippen LogP contribution in [0, 0.1) is 0 Å². The smallest absolute Gasteiger partial charge is 0.0762 e. The second-order valence-electron chi connectivity index (χ2n) is 4.54. The number of hydrogen-bond donors (Lipinski definition) is 2. The summed E-state index contributed by atoms with van der Waals surface area (Å²) in [6.07, 6.45) is 4.98. The zero-order chi connectivity index (χ0) is 12.7. The molecule has 1 aromatic heterocycles. The highest BCUT2D eigenvalue weighted by Gasteiger charge is 2.07. The van der Waals surface area contributed by atoms with Crippen LogP contribution >= 0.6 is 0 Å². The number of aliphatic hydroxyl groups is 1. The SMILES string of the molecule is CCC(CCO)NCc1ccn(C(C)CC)n1. The molecule has 0 saturated carbocycles. The van der Waals surface area contributed by atoms with Gasteiger partial charge in [0.25, 0.3) is 0 Å². The predicted molar refractivity (Wildman–Crippen MR) is 69.9 cm³/mol. The molecule has 0 fully saturated rings. The molecule has 17 heavy (non-hydrogen) atoms. The lowest BCUT2D eigenvalue weighted by molar-refractivity contribution is 0.261. The van der Waals surface area contributed by atoms with E-state index in [1.54, 1.807) is 0 Å². The van der Waals surface area contributed by atoms with Crippen molar-refractivity contribution in [1.29, 1.82) is 0 Å². The molecule has 1 rings (SSSR count). The summed E-state index contributed by atoms with van der Waals surface area (Å²) in [6.45, 7) is 7.49. The summed E-state index contributed by atoms with van der Waals surface area (Å²) in [5.74, 6) is 0. The summed E-state index contributed by atoms with van der Waals surface area (Å²) in [5, 5.41) is 16.9. The Balaban J connectivity index is 2.43. The maximum Gasteiger partial charge on any atom is 0.0762 e. The van der Waals surface area contributed by atoms with Crippen molar-refractivity contribution in [2.45, 2.75) is 58.7 Å². The minimum atomic E-state index is 0.243. The van der Waals surface area contributed by atoms with Crippen LogP contribution in [0.4, 0.5) is 0 Å². The van der Waals surface area contributed by atoms with Crippen LogP contribution in [0.5, 0.6) is 0 Å². The van der Waals surface area contributed by atoms with Crippen molar-refractivity contribution in [3.63, 3.8) is 0 Å². The Morgan fingerprint density at radius 3 is 2.76 bits per heavy atom. The van der Waals surface area contributed by atoms with Gasteiger partial charge in [-0.15, -0.1) is 0 Å². The first kappa shape index (κ1) is 14.2. The number of aromatic nitrogens is 2. The molecule has 1 aromatic rings. The molecule has 2 N–H and O–H groups in total. The summed E-state index contributed by atoms with van der Waals surface area (Å²) in [7, 11) is 0. The molecule has 2 unspecified atom stereocenters. The lowest BCUT2D eigenvalue weighted by Gasteiger charge is -2.14. The number of nitrogens with zero attached hydrogens (tertiary/aromatic N) is 2. The maximum atomic E-state index is 8.91. The van der Waals surface area contributed by atoms with Crippen LogP contribution in [-0.2, 0) is 6.54 Å². The molecule has 0 radical (unpaired) electrons. The summed E-state index contributed by atoms with van der Waals surface area (Å²) >= 11 is 0. The van der Waals surface area contributed by atoms with Gasteiger partial charge in [-0.05, 0) is 32.3 Å². The van der Waals surface area contributed by atoms with Gasteiger partial charge < -0.3 is 10.4 Å². The standard InChI is InChI=1S/C13H25N3O/c1-4-11(3)16-8-6-13(15-16)10-14-12(5-2)7-9-17/h6,8,11-12,14,17H,4-5,7,9-10H2,1-3H3. The van der Waals surface area contributed by atoms with Crippen LogP contribution in [0.25, 0.3) is 0 Å². The summed E-state index contributed by atoms with van der Waals surface area (Å²) in [4.78, 5) is 0. The van der Waals surface area contributed by atoms with Gasteiger partial charge >= 0.3 is 0 Å². The molecular weight excluding hydrogens is 214 g/mol. The topological polar surface area (TPSA) is 50.1 Å². The van der Waals surface area contributed by atoms with Crippen molar-refractivity contribution in [1.82, 2.24) is 15.1 Å². The van der Waals surface area contributed by atoms with E-state index in [4.69, 9.17) is 5.11 Å². The van der Waals surface area contributed by atoms with E-state index in [0.29, 0.717) is 12.1 Å². The largest absolute Gasteiger partial charge is 0.396 e. The number of hydrogen-bond acceptors (Lipinski definition) is 3. The normalized spacial score (nSPS) is 14.8. The van der Waals surface area contributed by atoms with E-state index in [1.807, 2.05) is 10.9 Å². The van der Waals surface area contributed by atoms with Gasteiger partial charge in [0.2, 0.25) is 0 Å². The molecule has 0 saturated heterocycles. The molecule has 2 atom stereocenters. The van der Waals surface area contributed by atoms with Crippen LogP contribution in [0.1, 0.15) is 51.8 Å². The van der Waals surface area contributed by atoms with Crippen LogP contribution in [-0.4, -0.2) is 27.5 Å². The minimum absolute atomic E-state index is 0.243. The molecule has 0 amide bonds. The van der Waals surface area contributed by atoms with Crippen LogP contribution in [0.2, 0.25) is 0 Å². The zero-order valence-electron chi connectivity index (χ0n) is 11.2. The molecule has 0 aliphatic heterocycles. The summed E-state index contributed by atoms with van der Waals surface area (Å²) in [6, 6.07) is 2.90. The van der Waals surface area contributed by atoms with Crippen LogP contribution < -0.4 is 5.32 Å². The number of nitrogens with one attached hydrogen (secondary N) is 1. The third-order valence-corrected chi connectivity index (χ3v) is 3.25. The van der Waals surface area contributed by atoms with Gasteiger partial charge in [-0.1, -0.05) is 13.8 Å². The summed E-state index contributed by atoms with van der Waals surface area (Å²) < 4.78 is 2.02. The van der Waals surface area contributed by atoms with E-state index in [-0.39, 0.29) is 6.61 Å². The van der Waals surface area contributed by atoms with Crippen molar-refractivity contribution >= 4 is 0 Å². The van der Waals surface area contributed by atoms with Gasteiger partial charge in [0.15, 0.2) is 0 Å². The molecule has 4 heteroatoms. The highest BCUT2D eigenvalue weighted by Crippen LogP contribution is 2.09. The Hall–Kier alpha value is -0.870. The first-order valence-corrected chi connectivity index (χ1v) is 6.59. The number of rotatable bonds is 8. The van der Waals surface area contributed by atoms with Gasteiger partial charge in [-0.25, -0.2) is 0 Å². The predicted octanol–water partition coefficient (Wildman–Crippen LogP) is 2.10. The fourth-order valence-electron chi connectivity index (χ4n) is 1.76. The van der Waals surface area contributed by atoms with Crippen molar-refractivity contribution in [3.8, 4) is 0 Å². The molecule has 0 aliphatic carbocycles. The highest BCUT2D eigenvalue weighted by atomic mass is 16.3. The molecule has 0 bridgehead atoms. The summed E-state index contributed by atoms with van der Waals surface area (Å²) in [5.41, 5.74) is 1.07. The van der Waals surface area contributed by atoms with E-state index >= 15 is 0 Å². The Kier molecular flexibility index (Phi) is 6.22. The van der Waals surface area contributed by atoms with Crippen LogP contribution in [0.3, 0.4) is 0 Å². The third kappa shape index (κ3) is 4.48. The van der Waals surface area contributed by atoms with Gasteiger partial charge in [0, 0.05) is 31.4 Å². The Morgan fingerprint density at radius 2 is 2.18 bits per heavy atom. The molecular formula is C13H25N3O. The monoisotopic (exact) mass is 239 g/mol. The van der Waals surface area contributed by atoms with E-state index in [9.17, 15) is 0 Å². The Bertz CT molecular complexity index is 311. The first-order valence-electron chi connectivity index (χ1n) is 6.59. The van der Waals surface area contributed by atoms with Gasteiger partial charge in [0.05, 0.1) is 5.69 Å². The van der Waals surface area contributed by atoms with E-state index < -0.39 is 0 Å². The quantitative estimate of drug-likeness (QED) is 0.730. The van der Waals surface area contributed by atoms with E-state index in [1.165, 1.54) is 0 Å². The van der Waals surface area contributed by atoms with Crippen LogP contribution in [0.15, 0.2) is 12.3 Å². The molecule has 0 spiro atoms. The van der Waals surface area contributed by atoms with E-state index in [2.05, 4.69) is 37.3 Å². The molecule has 4 nitrogen and oxygen atoms in total. The molecule has 98 valence electrons. The lowest BCUT2D eigenvalue weighted by atomic mass is 10.1. The molecule has 0 aromatic carbocycles. The Morgan fingerprint density at radius 1 is 1.41 bits per heavy atom. The van der Waals surface area contributed by atoms with Gasteiger partial charge in [0.1, 0.15) is 0 Å². The minimum Gasteiger partial charge on any atom is -0.396 e. The average Bonchev–Trinajstić information content (AvgIpc) is 2.82. The van der Waals surface area contributed by atoms with Crippen molar-refractivity contribution in [2.75, 3.05) is 6.61 Å². The average molecular weight is 239 g/mol. The van der Waals surface area contributed by atoms with Gasteiger partial charge in [-0.2, -0.15) is 5.10 Å². The highest BCUT2D eigenvalue weighted by molar-refractivity contribution is 4.99. The zero-order valence-corrected chi connectivity index (χ0v) is 11.2. The second-order valence-corrected chi connectivity index (χ2v) is 4.54. The lowest BCUT2D eigenvalue weighted by Crippen LogP contribution is -2.29. The third-order valence-electron chi connectivity index (χ3n) is 3.25. The van der Waals surface area contributed by atoms with Crippen molar-refractivity contribution in [2.24, 2.45) is 0 Å². The maximum absolute atomic E-state index is 8.91. The number of aliphatic hydroxyl groups excluding tert-OH is 1. The molecule has 0 aliphatic rings. The van der Waals surface area contributed by atoms with Crippen molar-refractivity contribution < 1.29 is 5.11 Å². The van der Waals surface area contributed by atoms with E-state index in [0.717, 1.165) is 31.5 Å². The molecule has 1 heterocycles. The first-order chi connectivity index (χ1) is 8.21. The Labute approximate surface area is 104 Å². The second kappa shape index (κ2) is 7.45.